The summed E-state index contributed by atoms with van der Waals surface area (Å²) in [5.74, 6) is 0.0765. The van der Waals surface area contributed by atoms with E-state index in [1.54, 1.807) is 19.1 Å². The Hall–Kier alpha value is -3.81. The molecular formula is C23H18F3N3O2. The molecule has 1 amide bonds. The molecule has 1 atom stereocenters. The van der Waals surface area contributed by atoms with Crippen LogP contribution in [0.25, 0.3) is 5.69 Å². The first kappa shape index (κ1) is 20.5. The van der Waals surface area contributed by atoms with Crippen molar-refractivity contribution in [3.63, 3.8) is 0 Å². The van der Waals surface area contributed by atoms with Crippen LogP contribution in [-0.2, 0) is 6.18 Å². The summed E-state index contributed by atoms with van der Waals surface area (Å²) in [7, 11) is 0. The van der Waals surface area contributed by atoms with E-state index in [0.29, 0.717) is 11.5 Å². The highest BCUT2D eigenvalue weighted by molar-refractivity contribution is 5.93. The molecule has 5 nitrogen and oxygen atoms in total. The molecule has 0 radical (unpaired) electrons. The van der Waals surface area contributed by atoms with E-state index in [9.17, 15) is 18.0 Å². The number of benzene rings is 2. The molecule has 2 aromatic carbocycles. The first-order valence-electron chi connectivity index (χ1n) is 9.46. The lowest BCUT2D eigenvalue weighted by Crippen LogP contribution is -2.29. The van der Waals surface area contributed by atoms with Crippen molar-refractivity contribution in [1.29, 1.82) is 0 Å². The predicted molar refractivity (Wildman–Crippen MR) is 108 cm³/mol. The van der Waals surface area contributed by atoms with Crippen LogP contribution in [0.5, 0.6) is 0 Å². The molecule has 0 aliphatic carbocycles. The third-order valence-corrected chi connectivity index (χ3v) is 4.77. The molecule has 158 valence electrons. The smallest absolute Gasteiger partial charge is 0.416 e. The third-order valence-electron chi connectivity index (χ3n) is 4.77. The normalized spacial score (nSPS) is 12.5. The van der Waals surface area contributed by atoms with Gasteiger partial charge in [-0.25, -0.2) is 4.68 Å². The third kappa shape index (κ3) is 4.37. The predicted octanol–water partition coefficient (Wildman–Crippen LogP) is 5.31. The van der Waals surface area contributed by atoms with Crippen molar-refractivity contribution in [2.45, 2.75) is 19.1 Å². The van der Waals surface area contributed by atoms with Crippen molar-refractivity contribution in [3.8, 4) is 5.69 Å². The number of nitrogens with zero attached hydrogens (tertiary/aromatic N) is 2. The van der Waals surface area contributed by atoms with Crippen molar-refractivity contribution >= 4 is 5.91 Å². The average Bonchev–Trinajstić information content (AvgIpc) is 3.42. The Balaban J connectivity index is 1.63. The van der Waals surface area contributed by atoms with Crippen molar-refractivity contribution in [1.82, 2.24) is 15.1 Å². The second-order valence-electron chi connectivity index (χ2n) is 6.96. The molecule has 0 spiro atoms. The molecule has 4 aromatic rings. The Morgan fingerprint density at radius 3 is 2.48 bits per heavy atom. The fraction of sp³-hybridized carbons (Fsp3) is 0.130. The largest absolute Gasteiger partial charge is 0.467 e. The van der Waals surface area contributed by atoms with Crippen LogP contribution >= 0.6 is 0 Å². The maximum atomic E-state index is 13.1. The summed E-state index contributed by atoms with van der Waals surface area (Å²) in [6.45, 7) is 1.67. The van der Waals surface area contributed by atoms with Gasteiger partial charge in [0.2, 0.25) is 0 Å². The SMILES string of the molecule is Cc1cc(C(=O)NC(c2ccccc2)c2ccco2)nn1-c1cccc(C(F)(F)F)c1. The van der Waals surface area contributed by atoms with Gasteiger partial charge in [-0.1, -0.05) is 36.4 Å². The average molecular weight is 425 g/mol. The van der Waals surface area contributed by atoms with E-state index >= 15 is 0 Å². The monoisotopic (exact) mass is 425 g/mol. The van der Waals surface area contributed by atoms with Gasteiger partial charge >= 0.3 is 6.18 Å². The zero-order valence-corrected chi connectivity index (χ0v) is 16.4. The zero-order valence-electron chi connectivity index (χ0n) is 16.4. The van der Waals surface area contributed by atoms with Crippen LogP contribution in [0.2, 0.25) is 0 Å². The van der Waals surface area contributed by atoms with Gasteiger partial charge in [-0.2, -0.15) is 18.3 Å². The van der Waals surface area contributed by atoms with Gasteiger partial charge in [-0.05, 0) is 48.9 Å². The molecule has 1 unspecified atom stereocenters. The topological polar surface area (TPSA) is 60.1 Å². The van der Waals surface area contributed by atoms with Gasteiger partial charge in [0.05, 0.1) is 17.5 Å². The molecule has 4 rings (SSSR count). The number of carbonyl (C=O) groups excluding carboxylic acids is 1. The minimum Gasteiger partial charge on any atom is -0.467 e. The van der Waals surface area contributed by atoms with Crippen LogP contribution < -0.4 is 5.32 Å². The van der Waals surface area contributed by atoms with E-state index < -0.39 is 23.7 Å². The van der Waals surface area contributed by atoms with Crippen molar-refractivity contribution in [2.24, 2.45) is 0 Å². The Bertz CT molecular complexity index is 1180. The first-order chi connectivity index (χ1) is 14.8. The number of hydrogen-bond acceptors (Lipinski definition) is 3. The Labute approximate surface area is 176 Å². The maximum absolute atomic E-state index is 13.1. The number of rotatable bonds is 5. The Morgan fingerprint density at radius 1 is 1.03 bits per heavy atom. The van der Waals surface area contributed by atoms with E-state index in [1.165, 1.54) is 29.1 Å². The highest BCUT2D eigenvalue weighted by atomic mass is 19.4. The van der Waals surface area contributed by atoms with Crippen molar-refractivity contribution in [2.75, 3.05) is 0 Å². The van der Waals surface area contributed by atoms with E-state index in [2.05, 4.69) is 10.4 Å². The number of furan rings is 1. The van der Waals surface area contributed by atoms with Gasteiger partial charge in [-0.15, -0.1) is 0 Å². The molecule has 0 bridgehead atoms. The number of aromatic nitrogens is 2. The van der Waals surface area contributed by atoms with Gasteiger partial charge in [0.25, 0.3) is 5.91 Å². The van der Waals surface area contributed by atoms with Crippen LogP contribution in [0.3, 0.4) is 0 Å². The lowest BCUT2D eigenvalue weighted by molar-refractivity contribution is -0.137. The summed E-state index contributed by atoms with van der Waals surface area (Å²) in [6, 6.07) is 18.6. The minimum atomic E-state index is -4.47. The first-order valence-corrected chi connectivity index (χ1v) is 9.46. The van der Waals surface area contributed by atoms with E-state index in [4.69, 9.17) is 4.42 Å². The van der Waals surface area contributed by atoms with Gasteiger partial charge < -0.3 is 9.73 Å². The molecule has 0 fully saturated rings. The summed E-state index contributed by atoms with van der Waals surface area (Å²) >= 11 is 0. The molecule has 31 heavy (non-hydrogen) atoms. The zero-order chi connectivity index (χ0) is 22.0. The summed E-state index contributed by atoms with van der Waals surface area (Å²) in [4.78, 5) is 12.9. The second kappa shape index (κ2) is 8.14. The molecule has 0 saturated heterocycles. The number of amides is 1. The number of carbonyl (C=O) groups is 1. The number of alkyl halides is 3. The fourth-order valence-corrected chi connectivity index (χ4v) is 3.29. The number of hydrogen-bond donors (Lipinski definition) is 1. The number of aryl methyl sites for hydroxylation is 1. The summed E-state index contributed by atoms with van der Waals surface area (Å²) in [5, 5.41) is 7.13. The summed E-state index contributed by atoms with van der Waals surface area (Å²) < 4.78 is 46.0. The van der Waals surface area contributed by atoms with Crippen molar-refractivity contribution in [3.05, 3.63) is 107 Å². The molecule has 2 heterocycles. The number of halogens is 3. The van der Waals surface area contributed by atoms with Crippen LogP contribution in [0.4, 0.5) is 13.2 Å². The molecule has 2 aromatic heterocycles. The standard InChI is InChI=1S/C23H18F3N3O2/c1-15-13-19(28-29(15)18-10-5-9-17(14-18)23(24,25)26)22(30)27-21(20-11-6-12-31-20)16-7-3-2-4-8-16/h2-14,21H,1H3,(H,27,30). The van der Waals surface area contributed by atoms with E-state index in [-0.39, 0.29) is 11.4 Å². The van der Waals surface area contributed by atoms with Crippen molar-refractivity contribution < 1.29 is 22.4 Å². The van der Waals surface area contributed by atoms with Gasteiger partial charge in [-0.3, -0.25) is 4.79 Å². The highest BCUT2D eigenvalue weighted by Crippen LogP contribution is 2.30. The second-order valence-corrected chi connectivity index (χ2v) is 6.96. The molecule has 0 saturated carbocycles. The Morgan fingerprint density at radius 2 is 1.81 bits per heavy atom. The summed E-state index contributed by atoms with van der Waals surface area (Å²) in [5.41, 5.74) is 0.867. The van der Waals surface area contributed by atoms with Gasteiger partial charge in [0.15, 0.2) is 5.69 Å². The molecule has 1 N–H and O–H groups in total. The van der Waals surface area contributed by atoms with Crippen LogP contribution in [0, 0.1) is 6.92 Å². The molecular weight excluding hydrogens is 407 g/mol. The summed E-state index contributed by atoms with van der Waals surface area (Å²) in [6.07, 6.45) is -2.95. The highest BCUT2D eigenvalue weighted by Gasteiger charge is 2.31. The molecule has 0 aliphatic rings. The van der Waals surface area contributed by atoms with Crippen LogP contribution in [0.15, 0.2) is 83.5 Å². The number of nitrogens with one attached hydrogen (secondary N) is 1. The lowest BCUT2D eigenvalue weighted by Gasteiger charge is -2.16. The minimum absolute atomic E-state index is 0.0856. The molecule has 8 heteroatoms. The van der Waals surface area contributed by atoms with E-state index in [1.807, 2.05) is 30.3 Å². The van der Waals surface area contributed by atoms with Crippen LogP contribution in [-0.4, -0.2) is 15.7 Å². The quantitative estimate of drug-likeness (QED) is 0.471. The van der Waals surface area contributed by atoms with Gasteiger partial charge in [0.1, 0.15) is 11.8 Å². The fourth-order valence-electron chi connectivity index (χ4n) is 3.29. The van der Waals surface area contributed by atoms with E-state index in [0.717, 1.165) is 17.7 Å². The Kier molecular flexibility index (Phi) is 5.37. The lowest BCUT2D eigenvalue weighted by atomic mass is 10.0. The molecule has 0 aliphatic heterocycles. The maximum Gasteiger partial charge on any atom is 0.416 e. The van der Waals surface area contributed by atoms with Gasteiger partial charge in [0, 0.05) is 5.69 Å². The van der Waals surface area contributed by atoms with Crippen LogP contribution in [0.1, 0.15) is 39.1 Å².